The molecule has 1 fully saturated rings. The maximum Gasteiger partial charge on any atom is 0.416 e. The van der Waals surface area contributed by atoms with E-state index >= 15 is 0 Å². The summed E-state index contributed by atoms with van der Waals surface area (Å²) in [5, 5.41) is 2.98. The van der Waals surface area contributed by atoms with E-state index < -0.39 is 11.7 Å². The van der Waals surface area contributed by atoms with Crippen LogP contribution >= 0.6 is 0 Å². The highest BCUT2D eigenvalue weighted by molar-refractivity contribution is 6.03. The van der Waals surface area contributed by atoms with E-state index in [2.05, 4.69) is 10.3 Å². The number of carbonyl (C=O) groups is 2. The molecule has 1 N–H and O–H groups in total. The first-order chi connectivity index (χ1) is 18.6. The van der Waals surface area contributed by atoms with Gasteiger partial charge in [-0.1, -0.05) is 24.3 Å². The number of amides is 3. The van der Waals surface area contributed by atoms with Gasteiger partial charge in [-0.2, -0.15) is 13.2 Å². The Kier molecular flexibility index (Phi) is 7.20. The van der Waals surface area contributed by atoms with Crippen LogP contribution in [0.2, 0.25) is 0 Å². The van der Waals surface area contributed by atoms with E-state index in [1.54, 1.807) is 30.0 Å². The number of fused-ring (bicyclic) bond motifs is 1. The van der Waals surface area contributed by atoms with Crippen LogP contribution in [0.5, 0.6) is 0 Å². The van der Waals surface area contributed by atoms with Gasteiger partial charge in [0.25, 0.3) is 0 Å². The fourth-order valence-electron chi connectivity index (χ4n) is 5.22. The topological polar surface area (TPSA) is 68.8 Å². The monoisotopic (exact) mass is 537 g/mol. The lowest BCUT2D eigenvalue weighted by molar-refractivity contribution is -0.137. The summed E-state index contributed by atoms with van der Waals surface area (Å²) in [6.07, 6.45) is -2.90. The number of rotatable bonds is 3. The number of hydrogen-bond acceptors (Lipinski definition) is 4. The molecule has 3 heterocycles. The summed E-state index contributed by atoms with van der Waals surface area (Å²) in [7, 11) is 1.90. The minimum Gasteiger partial charge on any atom is -0.372 e. The van der Waals surface area contributed by atoms with Crippen molar-refractivity contribution >= 4 is 29.1 Å². The average Bonchev–Trinajstić information content (AvgIpc) is 3.35. The molecule has 2 aliphatic rings. The minimum absolute atomic E-state index is 0.0590. The first kappa shape index (κ1) is 26.5. The lowest BCUT2D eigenvalue weighted by atomic mass is 9.98. The molecular weight excluding hydrogens is 507 g/mol. The number of anilines is 3. The third-order valence-corrected chi connectivity index (χ3v) is 7.37. The third kappa shape index (κ3) is 5.69. The zero-order valence-corrected chi connectivity index (χ0v) is 21.8. The Labute approximate surface area is 225 Å². The van der Waals surface area contributed by atoms with E-state index in [1.165, 1.54) is 6.07 Å². The summed E-state index contributed by atoms with van der Waals surface area (Å²) in [6, 6.07) is 15.8. The Balaban J connectivity index is 1.42. The summed E-state index contributed by atoms with van der Waals surface area (Å²) in [6.45, 7) is 4.04. The summed E-state index contributed by atoms with van der Waals surface area (Å²) in [4.78, 5) is 35.4. The van der Waals surface area contributed by atoms with Gasteiger partial charge in [-0.15, -0.1) is 0 Å². The molecule has 1 atom stereocenters. The van der Waals surface area contributed by atoms with E-state index in [9.17, 15) is 22.8 Å². The zero-order chi connectivity index (χ0) is 27.7. The Bertz CT molecular complexity index is 1390. The number of benzene rings is 2. The average molecular weight is 538 g/mol. The smallest absolute Gasteiger partial charge is 0.372 e. The number of urea groups is 1. The summed E-state index contributed by atoms with van der Waals surface area (Å²) >= 11 is 0. The lowest BCUT2D eigenvalue weighted by Gasteiger charge is -2.24. The van der Waals surface area contributed by atoms with Crippen LogP contribution in [0.25, 0.3) is 11.3 Å². The van der Waals surface area contributed by atoms with Gasteiger partial charge in [0, 0.05) is 57.3 Å². The second kappa shape index (κ2) is 10.6. The number of pyridine rings is 1. The van der Waals surface area contributed by atoms with Crippen LogP contribution in [0.15, 0.2) is 60.7 Å². The van der Waals surface area contributed by atoms with Crippen LogP contribution in [-0.4, -0.2) is 55.0 Å². The van der Waals surface area contributed by atoms with Crippen molar-refractivity contribution < 1.29 is 22.8 Å². The summed E-state index contributed by atoms with van der Waals surface area (Å²) in [5.41, 5.74) is 2.33. The molecule has 2 aromatic carbocycles. The number of carbonyl (C=O) groups excluding carboxylic acids is 2. The maximum absolute atomic E-state index is 13.6. The first-order valence-corrected chi connectivity index (χ1v) is 12.9. The molecule has 0 aliphatic carbocycles. The van der Waals surface area contributed by atoms with Crippen molar-refractivity contribution in [2.75, 3.05) is 48.3 Å². The number of hydrogen-bond donors (Lipinski definition) is 1. The molecule has 0 bridgehead atoms. The number of likely N-dealkylation sites (tertiary alicyclic amines) is 1. The molecular formula is C29H30F3N5O2. The van der Waals surface area contributed by atoms with Crippen molar-refractivity contribution in [1.29, 1.82) is 0 Å². The van der Waals surface area contributed by atoms with Gasteiger partial charge in [0.1, 0.15) is 0 Å². The lowest BCUT2D eigenvalue weighted by Crippen LogP contribution is -2.36. The SMILES string of the molecule is CC(=O)N1CCC(c2cccc(NC(=O)N3CCCN(C)c4ccc(-c5cccc(C(F)(F)F)c5)nc43)c2)C1. The highest BCUT2D eigenvalue weighted by Crippen LogP contribution is 2.36. The number of alkyl halides is 3. The number of aromatic nitrogens is 1. The van der Waals surface area contributed by atoms with E-state index in [0.29, 0.717) is 55.4 Å². The molecule has 3 amide bonds. The molecule has 0 saturated carbocycles. The van der Waals surface area contributed by atoms with Crippen molar-refractivity contribution in [3.63, 3.8) is 0 Å². The molecule has 7 nitrogen and oxygen atoms in total. The second-order valence-electron chi connectivity index (χ2n) is 10.1. The highest BCUT2D eigenvalue weighted by Gasteiger charge is 2.31. The molecule has 1 saturated heterocycles. The van der Waals surface area contributed by atoms with E-state index in [4.69, 9.17) is 0 Å². The molecule has 10 heteroatoms. The Morgan fingerprint density at radius 2 is 1.79 bits per heavy atom. The van der Waals surface area contributed by atoms with Gasteiger partial charge in [-0.3, -0.25) is 9.69 Å². The van der Waals surface area contributed by atoms with E-state index in [0.717, 1.165) is 29.8 Å². The number of nitrogens with one attached hydrogen (secondary N) is 1. The number of nitrogens with zero attached hydrogens (tertiary/aromatic N) is 4. The summed E-state index contributed by atoms with van der Waals surface area (Å²) in [5.74, 6) is 0.658. The normalized spacial score (nSPS) is 17.6. The van der Waals surface area contributed by atoms with Crippen LogP contribution in [0.4, 0.5) is 35.2 Å². The third-order valence-electron chi connectivity index (χ3n) is 7.37. The fourth-order valence-corrected chi connectivity index (χ4v) is 5.22. The van der Waals surface area contributed by atoms with Crippen molar-refractivity contribution in [3.05, 3.63) is 71.8 Å². The van der Waals surface area contributed by atoms with Crippen molar-refractivity contribution in [3.8, 4) is 11.3 Å². The van der Waals surface area contributed by atoms with Crippen LogP contribution in [-0.2, 0) is 11.0 Å². The first-order valence-electron chi connectivity index (χ1n) is 12.9. The minimum atomic E-state index is -4.47. The van der Waals surface area contributed by atoms with E-state index in [1.807, 2.05) is 41.1 Å². The quantitative estimate of drug-likeness (QED) is 0.446. The van der Waals surface area contributed by atoms with Gasteiger partial charge in [-0.05, 0) is 54.8 Å². The zero-order valence-electron chi connectivity index (χ0n) is 21.8. The van der Waals surface area contributed by atoms with Gasteiger partial charge >= 0.3 is 12.2 Å². The Hall–Kier alpha value is -4.08. The van der Waals surface area contributed by atoms with Crippen molar-refractivity contribution in [2.45, 2.75) is 31.9 Å². The molecule has 39 heavy (non-hydrogen) atoms. The maximum atomic E-state index is 13.6. The van der Waals surface area contributed by atoms with Gasteiger partial charge < -0.3 is 15.1 Å². The van der Waals surface area contributed by atoms with Crippen LogP contribution < -0.4 is 15.1 Å². The molecule has 1 aromatic heterocycles. The highest BCUT2D eigenvalue weighted by atomic mass is 19.4. The van der Waals surface area contributed by atoms with Crippen molar-refractivity contribution in [1.82, 2.24) is 9.88 Å². The predicted molar refractivity (Wildman–Crippen MR) is 145 cm³/mol. The standard InChI is InChI=1S/C29H30F3N5O2/c1-19(38)36-15-12-22(18-36)20-6-4-9-24(17-20)33-28(39)37-14-5-13-35(2)26-11-10-25(34-27(26)37)21-7-3-8-23(16-21)29(30,31)32/h3-4,6-11,16-17,22H,5,12-15,18H2,1-2H3,(H,33,39). The van der Waals surface area contributed by atoms with Crippen LogP contribution in [0.3, 0.4) is 0 Å². The van der Waals surface area contributed by atoms with Crippen LogP contribution in [0, 0.1) is 0 Å². The molecule has 2 aliphatic heterocycles. The Morgan fingerprint density at radius 3 is 2.54 bits per heavy atom. The van der Waals surface area contributed by atoms with Gasteiger partial charge in [0.15, 0.2) is 5.82 Å². The van der Waals surface area contributed by atoms with E-state index in [-0.39, 0.29) is 17.9 Å². The predicted octanol–water partition coefficient (Wildman–Crippen LogP) is 5.98. The number of halogens is 3. The molecule has 204 valence electrons. The molecule has 1 unspecified atom stereocenters. The Morgan fingerprint density at radius 1 is 1.00 bits per heavy atom. The molecule has 0 radical (unpaired) electrons. The molecule has 0 spiro atoms. The molecule has 5 rings (SSSR count). The van der Waals surface area contributed by atoms with Crippen molar-refractivity contribution in [2.24, 2.45) is 0 Å². The largest absolute Gasteiger partial charge is 0.416 e. The summed E-state index contributed by atoms with van der Waals surface area (Å²) < 4.78 is 39.9. The van der Waals surface area contributed by atoms with Gasteiger partial charge in [0.2, 0.25) is 5.91 Å². The van der Waals surface area contributed by atoms with Gasteiger partial charge in [-0.25, -0.2) is 9.78 Å². The second-order valence-corrected chi connectivity index (χ2v) is 10.1. The fraction of sp³-hybridized carbons (Fsp3) is 0.345. The molecule has 3 aromatic rings. The van der Waals surface area contributed by atoms with Gasteiger partial charge in [0.05, 0.1) is 16.9 Å². The van der Waals surface area contributed by atoms with Crippen LogP contribution in [0.1, 0.15) is 36.8 Å².